The molecule has 3 saturated carbocycles. The molecule has 4 aliphatic rings. The number of likely N-dealkylation sites (tertiary alicyclic amines) is 1. The van der Waals surface area contributed by atoms with Crippen LogP contribution in [0.3, 0.4) is 0 Å². The zero-order valence-corrected chi connectivity index (χ0v) is 13.9. The highest BCUT2D eigenvalue weighted by atomic mass is 16.4. The van der Waals surface area contributed by atoms with Gasteiger partial charge in [0.15, 0.2) is 0 Å². The summed E-state index contributed by atoms with van der Waals surface area (Å²) in [5, 5.41) is 12.8. The summed E-state index contributed by atoms with van der Waals surface area (Å²) in [6.07, 6.45) is 10.4. The van der Waals surface area contributed by atoms with Gasteiger partial charge in [0.1, 0.15) is 0 Å². The van der Waals surface area contributed by atoms with Crippen LogP contribution in [0.25, 0.3) is 0 Å². The van der Waals surface area contributed by atoms with Gasteiger partial charge in [-0.15, -0.1) is 0 Å². The quantitative estimate of drug-likeness (QED) is 0.837. The minimum atomic E-state index is -0.708. The van der Waals surface area contributed by atoms with E-state index in [1.165, 1.54) is 38.5 Å². The molecule has 5 heteroatoms. The Kier molecular flexibility index (Phi) is 3.58. The summed E-state index contributed by atoms with van der Waals surface area (Å²) in [5.74, 6) is 0.246. The van der Waals surface area contributed by atoms with Gasteiger partial charge in [-0.1, -0.05) is 19.3 Å². The lowest BCUT2D eigenvalue weighted by atomic mass is 9.55. The summed E-state index contributed by atoms with van der Waals surface area (Å²) in [4.78, 5) is 26.1. The van der Waals surface area contributed by atoms with Crippen molar-refractivity contribution >= 4 is 12.0 Å². The Morgan fingerprint density at radius 2 is 1.78 bits per heavy atom. The molecule has 0 spiro atoms. The van der Waals surface area contributed by atoms with Crippen molar-refractivity contribution in [3.8, 4) is 0 Å². The standard InChI is InChI=1S/C18H28N2O3/c21-15(22)18-9-2-6-14(18)10-20(12-18)16(23)19-11-17(7-3-8-17)13-4-1-5-13/h13-14H,1-12H2,(H,19,23)(H,21,22)/t14-,18+/m0/s1. The first-order chi connectivity index (χ1) is 11.1. The molecule has 0 bridgehead atoms. The van der Waals surface area contributed by atoms with Gasteiger partial charge >= 0.3 is 12.0 Å². The fourth-order valence-electron chi connectivity index (χ4n) is 5.54. The molecule has 1 heterocycles. The summed E-state index contributed by atoms with van der Waals surface area (Å²) in [6, 6.07) is -0.0365. The molecule has 0 unspecified atom stereocenters. The first kappa shape index (κ1) is 15.3. The first-order valence-corrected chi connectivity index (χ1v) is 9.32. The zero-order chi connectivity index (χ0) is 16.1. The fourth-order valence-corrected chi connectivity index (χ4v) is 5.54. The molecule has 2 atom stereocenters. The summed E-state index contributed by atoms with van der Waals surface area (Å²) in [7, 11) is 0. The number of urea groups is 1. The molecule has 0 aromatic rings. The predicted octanol–water partition coefficient (Wildman–Crippen LogP) is 2.85. The Morgan fingerprint density at radius 3 is 2.30 bits per heavy atom. The zero-order valence-electron chi connectivity index (χ0n) is 13.9. The second-order valence-electron chi connectivity index (χ2n) is 8.43. The highest BCUT2D eigenvalue weighted by Crippen LogP contribution is 2.54. The molecule has 128 valence electrons. The molecule has 5 nitrogen and oxygen atoms in total. The lowest BCUT2D eigenvalue weighted by Crippen LogP contribution is -2.51. The number of carboxylic acid groups (broad SMARTS) is 1. The molecule has 23 heavy (non-hydrogen) atoms. The molecule has 3 aliphatic carbocycles. The number of nitrogens with zero attached hydrogens (tertiary/aromatic N) is 1. The van der Waals surface area contributed by atoms with Gasteiger partial charge in [-0.05, 0) is 55.8 Å². The number of carboxylic acids is 1. The number of nitrogens with one attached hydrogen (secondary N) is 1. The van der Waals surface area contributed by atoms with Crippen molar-refractivity contribution in [3.05, 3.63) is 0 Å². The van der Waals surface area contributed by atoms with Gasteiger partial charge in [0.2, 0.25) is 0 Å². The third-order valence-corrected chi connectivity index (χ3v) is 7.50. The molecule has 4 rings (SSSR count). The van der Waals surface area contributed by atoms with E-state index < -0.39 is 11.4 Å². The van der Waals surface area contributed by atoms with Crippen molar-refractivity contribution in [2.45, 2.75) is 57.8 Å². The maximum Gasteiger partial charge on any atom is 0.317 e. The number of carbonyl (C=O) groups excluding carboxylic acids is 1. The van der Waals surface area contributed by atoms with Crippen molar-refractivity contribution in [1.82, 2.24) is 10.2 Å². The van der Waals surface area contributed by atoms with E-state index in [1.54, 1.807) is 4.90 Å². The summed E-state index contributed by atoms with van der Waals surface area (Å²) >= 11 is 0. The fraction of sp³-hybridized carbons (Fsp3) is 0.889. The van der Waals surface area contributed by atoms with Crippen LogP contribution >= 0.6 is 0 Å². The van der Waals surface area contributed by atoms with Crippen LogP contribution in [-0.4, -0.2) is 41.6 Å². The predicted molar refractivity (Wildman–Crippen MR) is 86.0 cm³/mol. The third kappa shape index (κ3) is 2.26. The Bertz CT molecular complexity index is 512. The Labute approximate surface area is 137 Å². The number of aliphatic carboxylic acids is 1. The lowest BCUT2D eigenvalue weighted by Gasteiger charge is -2.52. The minimum Gasteiger partial charge on any atom is -0.481 e. The molecule has 2 N–H and O–H groups in total. The van der Waals surface area contributed by atoms with Crippen LogP contribution in [0.15, 0.2) is 0 Å². The Morgan fingerprint density at radius 1 is 1.04 bits per heavy atom. The lowest BCUT2D eigenvalue weighted by molar-refractivity contribution is -0.149. The third-order valence-electron chi connectivity index (χ3n) is 7.50. The topological polar surface area (TPSA) is 69.6 Å². The number of amides is 2. The van der Waals surface area contributed by atoms with Gasteiger partial charge in [-0.2, -0.15) is 0 Å². The molecule has 0 aromatic heterocycles. The molecule has 4 fully saturated rings. The first-order valence-electron chi connectivity index (χ1n) is 9.32. The van der Waals surface area contributed by atoms with Crippen molar-refractivity contribution in [2.24, 2.45) is 22.7 Å². The minimum absolute atomic E-state index is 0.0365. The number of carbonyl (C=O) groups is 2. The second kappa shape index (κ2) is 5.38. The average Bonchev–Trinajstić information content (AvgIpc) is 2.96. The number of fused-ring (bicyclic) bond motifs is 1. The molecular weight excluding hydrogens is 292 g/mol. The molecule has 2 amide bonds. The number of hydrogen-bond donors (Lipinski definition) is 2. The molecule has 1 aliphatic heterocycles. The van der Waals surface area contributed by atoms with E-state index in [-0.39, 0.29) is 11.9 Å². The van der Waals surface area contributed by atoms with E-state index >= 15 is 0 Å². The Balaban J connectivity index is 1.36. The van der Waals surface area contributed by atoms with E-state index in [9.17, 15) is 14.7 Å². The van der Waals surface area contributed by atoms with Gasteiger partial charge in [-0.25, -0.2) is 4.79 Å². The highest BCUT2D eigenvalue weighted by molar-refractivity contribution is 5.80. The smallest absolute Gasteiger partial charge is 0.317 e. The summed E-state index contributed by atoms with van der Waals surface area (Å²) in [5.41, 5.74) is -0.312. The summed E-state index contributed by atoms with van der Waals surface area (Å²) in [6.45, 7) is 1.81. The maximum atomic E-state index is 12.6. The van der Waals surface area contributed by atoms with Gasteiger partial charge in [0.25, 0.3) is 0 Å². The van der Waals surface area contributed by atoms with Crippen LogP contribution in [0.2, 0.25) is 0 Å². The highest BCUT2D eigenvalue weighted by Gasteiger charge is 2.56. The van der Waals surface area contributed by atoms with E-state index in [0.29, 0.717) is 18.5 Å². The molecule has 0 aromatic carbocycles. The van der Waals surface area contributed by atoms with E-state index in [2.05, 4.69) is 5.32 Å². The van der Waals surface area contributed by atoms with Crippen LogP contribution in [0.5, 0.6) is 0 Å². The van der Waals surface area contributed by atoms with Gasteiger partial charge < -0.3 is 15.3 Å². The monoisotopic (exact) mass is 320 g/mol. The Hall–Kier alpha value is -1.26. The van der Waals surface area contributed by atoms with Gasteiger partial charge in [0, 0.05) is 19.6 Å². The summed E-state index contributed by atoms with van der Waals surface area (Å²) < 4.78 is 0. The molecular formula is C18H28N2O3. The van der Waals surface area contributed by atoms with E-state index in [1.807, 2.05) is 0 Å². The maximum absolute atomic E-state index is 12.6. The molecule has 1 saturated heterocycles. The van der Waals surface area contributed by atoms with Crippen molar-refractivity contribution < 1.29 is 14.7 Å². The van der Waals surface area contributed by atoms with Gasteiger partial charge in [0.05, 0.1) is 5.41 Å². The van der Waals surface area contributed by atoms with Crippen LogP contribution in [-0.2, 0) is 4.79 Å². The largest absolute Gasteiger partial charge is 0.481 e. The number of rotatable bonds is 4. The van der Waals surface area contributed by atoms with E-state index in [4.69, 9.17) is 0 Å². The molecule has 0 radical (unpaired) electrons. The van der Waals surface area contributed by atoms with Crippen molar-refractivity contribution in [1.29, 1.82) is 0 Å². The number of hydrogen-bond acceptors (Lipinski definition) is 2. The SMILES string of the molecule is O=C(NCC1(C2CCC2)CCC1)N1C[C@@H]2CCC[C@@]2(C(=O)O)C1. The van der Waals surface area contributed by atoms with Gasteiger partial charge in [-0.3, -0.25) is 4.79 Å². The normalized spacial score (nSPS) is 35.3. The van der Waals surface area contributed by atoms with Crippen LogP contribution in [0.1, 0.15) is 57.8 Å². The van der Waals surface area contributed by atoms with E-state index in [0.717, 1.165) is 31.7 Å². The van der Waals surface area contributed by atoms with Crippen molar-refractivity contribution in [3.63, 3.8) is 0 Å². The average molecular weight is 320 g/mol. The van der Waals surface area contributed by atoms with Crippen LogP contribution in [0.4, 0.5) is 4.79 Å². The van der Waals surface area contributed by atoms with Crippen LogP contribution < -0.4 is 5.32 Å². The van der Waals surface area contributed by atoms with Crippen LogP contribution in [0, 0.1) is 22.7 Å². The van der Waals surface area contributed by atoms with Crippen molar-refractivity contribution in [2.75, 3.05) is 19.6 Å². The second-order valence-corrected chi connectivity index (χ2v) is 8.43.